The molecule has 0 fully saturated rings. The number of halogens is 1. The molecule has 158 valence electrons. The number of carbonyl (C=O) groups is 1. The molecule has 0 saturated heterocycles. The molecule has 0 radical (unpaired) electrons. The van der Waals surface area contributed by atoms with Crippen molar-refractivity contribution in [2.75, 3.05) is 17.3 Å². The molecule has 1 aromatic heterocycles. The summed E-state index contributed by atoms with van der Waals surface area (Å²) in [5.41, 5.74) is 9.30. The van der Waals surface area contributed by atoms with Gasteiger partial charge in [0.15, 0.2) is 6.61 Å². The van der Waals surface area contributed by atoms with Gasteiger partial charge in [0, 0.05) is 16.4 Å². The number of ether oxygens (including phenoxy) is 1. The minimum Gasteiger partial charge on any atom is -0.484 e. The summed E-state index contributed by atoms with van der Waals surface area (Å²) < 4.78 is 6.68. The van der Waals surface area contributed by atoms with Crippen molar-refractivity contribution < 1.29 is 9.53 Å². The van der Waals surface area contributed by atoms with Gasteiger partial charge in [-0.3, -0.25) is 10.2 Å². The third-order valence-corrected chi connectivity index (χ3v) is 6.23. The standard InChI is InChI=1S/C22H25ClN4O2S/c1-11(2)26-27-22-24-17-9-14(5)20(15(6)21(17)30-22)25-18(28)10-29-16-7-12(3)19(23)13(4)8-16/h7-9H,10H2,1-6H3,(H,24,27)(H,25,28). The van der Waals surface area contributed by atoms with Crippen LogP contribution >= 0.6 is 22.9 Å². The van der Waals surface area contributed by atoms with E-state index in [2.05, 4.69) is 20.8 Å². The Bertz CT molecular complexity index is 1130. The van der Waals surface area contributed by atoms with Crippen molar-refractivity contribution in [1.82, 2.24) is 4.98 Å². The third kappa shape index (κ3) is 4.91. The average molecular weight is 445 g/mol. The molecule has 2 aromatic carbocycles. The summed E-state index contributed by atoms with van der Waals surface area (Å²) in [7, 11) is 0. The molecule has 3 aromatic rings. The number of nitrogens with one attached hydrogen (secondary N) is 2. The maximum absolute atomic E-state index is 12.5. The van der Waals surface area contributed by atoms with Crippen LogP contribution in [0, 0.1) is 27.7 Å². The van der Waals surface area contributed by atoms with E-state index in [-0.39, 0.29) is 12.5 Å². The van der Waals surface area contributed by atoms with E-state index < -0.39 is 0 Å². The van der Waals surface area contributed by atoms with Gasteiger partial charge in [-0.05, 0) is 82.0 Å². The highest BCUT2D eigenvalue weighted by Crippen LogP contribution is 2.35. The lowest BCUT2D eigenvalue weighted by Crippen LogP contribution is -2.21. The molecule has 2 N–H and O–H groups in total. The van der Waals surface area contributed by atoms with Crippen LogP contribution in [0.25, 0.3) is 10.2 Å². The summed E-state index contributed by atoms with van der Waals surface area (Å²) in [5.74, 6) is 0.401. The lowest BCUT2D eigenvalue weighted by atomic mass is 10.1. The van der Waals surface area contributed by atoms with E-state index in [0.717, 1.165) is 43.9 Å². The first kappa shape index (κ1) is 22.1. The normalized spacial score (nSPS) is 10.8. The highest BCUT2D eigenvalue weighted by molar-refractivity contribution is 7.22. The van der Waals surface area contributed by atoms with Gasteiger partial charge in [-0.25, -0.2) is 4.98 Å². The number of hydrogen-bond acceptors (Lipinski definition) is 6. The fourth-order valence-electron chi connectivity index (χ4n) is 3.10. The van der Waals surface area contributed by atoms with Crippen molar-refractivity contribution in [1.29, 1.82) is 0 Å². The smallest absolute Gasteiger partial charge is 0.262 e. The second-order valence-electron chi connectivity index (χ2n) is 7.44. The molecule has 8 heteroatoms. The molecule has 0 atom stereocenters. The molecule has 0 aliphatic carbocycles. The van der Waals surface area contributed by atoms with Crippen LogP contribution in [-0.4, -0.2) is 23.2 Å². The fraction of sp³-hybridized carbons (Fsp3) is 0.318. The molecule has 0 aliphatic rings. The van der Waals surface area contributed by atoms with Gasteiger partial charge in [0.05, 0.1) is 10.2 Å². The van der Waals surface area contributed by atoms with E-state index in [1.165, 1.54) is 11.3 Å². The van der Waals surface area contributed by atoms with Gasteiger partial charge in [0.2, 0.25) is 5.13 Å². The summed E-state index contributed by atoms with van der Waals surface area (Å²) in [5, 5.41) is 8.61. The maximum Gasteiger partial charge on any atom is 0.262 e. The Morgan fingerprint density at radius 2 is 1.80 bits per heavy atom. The molecule has 0 saturated carbocycles. The van der Waals surface area contributed by atoms with Gasteiger partial charge >= 0.3 is 0 Å². The largest absolute Gasteiger partial charge is 0.484 e. The van der Waals surface area contributed by atoms with Gasteiger partial charge in [-0.15, -0.1) is 0 Å². The Morgan fingerprint density at radius 3 is 2.43 bits per heavy atom. The zero-order valence-electron chi connectivity index (χ0n) is 17.9. The van der Waals surface area contributed by atoms with E-state index >= 15 is 0 Å². The second-order valence-corrected chi connectivity index (χ2v) is 8.82. The Kier molecular flexibility index (Phi) is 6.63. The van der Waals surface area contributed by atoms with Crippen molar-refractivity contribution in [3.63, 3.8) is 0 Å². The number of hydrogen-bond donors (Lipinski definition) is 2. The number of nitrogens with zero attached hydrogens (tertiary/aromatic N) is 2. The molecular weight excluding hydrogens is 420 g/mol. The number of carbonyl (C=O) groups excluding carboxylic acids is 1. The predicted octanol–water partition coefficient (Wildman–Crippen LogP) is 6.01. The maximum atomic E-state index is 12.5. The van der Waals surface area contributed by atoms with E-state index in [0.29, 0.717) is 15.9 Å². The summed E-state index contributed by atoms with van der Waals surface area (Å²) >= 11 is 7.69. The van der Waals surface area contributed by atoms with Crippen LogP contribution in [0.5, 0.6) is 5.75 Å². The quantitative estimate of drug-likeness (QED) is 0.360. The first-order valence-electron chi connectivity index (χ1n) is 9.52. The van der Waals surface area contributed by atoms with Gasteiger partial charge < -0.3 is 10.1 Å². The van der Waals surface area contributed by atoms with Crippen molar-refractivity contribution >= 4 is 55.6 Å². The first-order valence-corrected chi connectivity index (χ1v) is 10.7. The van der Waals surface area contributed by atoms with Crippen molar-refractivity contribution in [3.05, 3.63) is 45.5 Å². The van der Waals surface area contributed by atoms with Crippen LogP contribution in [-0.2, 0) is 4.79 Å². The molecule has 0 spiro atoms. The number of aromatic nitrogens is 1. The molecule has 3 rings (SSSR count). The Balaban J connectivity index is 1.76. The molecule has 0 bridgehead atoms. The van der Waals surface area contributed by atoms with Crippen molar-refractivity contribution in [2.45, 2.75) is 41.5 Å². The summed E-state index contributed by atoms with van der Waals surface area (Å²) in [6.45, 7) is 11.5. The number of amides is 1. The minimum absolute atomic E-state index is 0.0859. The Hall–Kier alpha value is -2.64. The third-order valence-electron chi connectivity index (χ3n) is 4.54. The van der Waals surface area contributed by atoms with Crippen LogP contribution in [0.2, 0.25) is 5.02 Å². The zero-order valence-corrected chi connectivity index (χ0v) is 19.5. The molecule has 6 nitrogen and oxygen atoms in total. The lowest BCUT2D eigenvalue weighted by Gasteiger charge is -2.13. The molecule has 0 aliphatic heterocycles. The number of fused-ring (bicyclic) bond motifs is 1. The number of hydrazone groups is 1. The lowest BCUT2D eigenvalue weighted by molar-refractivity contribution is -0.118. The molecule has 30 heavy (non-hydrogen) atoms. The SMILES string of the molecule is CC(C)=NNc1nc2cc(C)c(NC(=O)COc3cc(C)c(Cl)c(C)c3)c(C)c2s1. The van der Waals surface area contributed by atoms with Crippen LogP contribution in [0.1, 0.15) is 36.1 Å². The number of aryl methyl sites for hydroxylation is 4. The number of anilines is 2. The summed E-state index contributed by atoms with van der Waals surface area (Å²) in [6.07, 6.45) is 0. The fourth-order valence-corrected chi connectivity index (χ4v) is 4.10. The summed E-state index contributed by atoms with van der Waals surface area (Å²) in [6, 6.07) is 5.63. The number of rotatable bonds is 6. The van der Waals surface area contributed by atoms with Crippen LogP contribution in [0.3, 0.4) is 0 Å². The monoisotopic (exact) mass is 444 g/mol. The molecular formula is C22H25ClN4O2S. The minimum atomic E-state index is -0.222. The predicted molar refractivity (Wildman–Crippen MR) is 127 cm³/mol. The molecule has 0 unspecified atom stereocenters. The molecule has 1 amide bonds. The van der Waals surface area contributed by atoms with E-state index in [9.17, 15) is 4.79 Å². The van der Waals surface area contributed by atoms with Gasteiger partial charge in [-0.2, -0.15) is 5.10 Å². The van der Waals surface area contributed by atoms with Gasteiger partial charge in [-0.1, -0.05) is 22.9 Å². The Morgan fingerprint density at radius 1 is 1.13 bits per heavy atom. The highest BCUT2D eigenvalue weighted by atomic mass is 35.5. The van der Waals surface area contributed by atoms with Crippen molar-refractivity contribution in [3.8, 4) is 5.75 Å². The second kappa shape index (κ2) is 9.02. The van der Waals surface area contributed by atoms with E-state index in [1.54, 1.807) is 0 Å². The van der Waals surface area contributed by atoms with Crippen molar-refractivity contribution in [2.24, 2.45) is 5.10 Å². The van der Waals surface area contributed by atoms with Crippen LogP contribution in [0.4, 0.5) is 10.8 Å². The molecule has 1 heterocycles. The van der Waals surface area contributed by atoms with E-state index in [1.807, 2.05) is 59.7 Å². The number of thiazole rings is 1. The van der Waals surface area contributed by atoms with Gasteiger partial charge in [0.1, 0.15) is 5.75 Å². The van der Waals surface area contributed by atoms with Crippen LogP contribution < -0.4 is 15.5 Å². The highest BCUT2D eigenvalue weighted by Gasteiger charge is 2.15. The topological polar surface area (TPSA) is 75.6 Å². The Labute approximate surface area is 185 Å². The summed E-state index contributed by atoms with van der Waals surface area (Å²) in [4.78, 5) is 17.1. The first-order chi connectivity index (χ1) is 14.2. The average Bonchev–Trinajstić information content (AvgIpc) is 3.09. The number of benzene rings is 2. The van der Waals surface area contributed by atoms with Gasteiger partial charge in [0.25, 0.3) is 5.91 Å². The zero-order chi connectivity index (χ0) is 22.0. The van der Waals surface area contributed by atoms with Crippen LogP contribution in [0.15, 0.2) is 23.3 Å². The van der Waals surface area contributed by atoms with E-state index in [4.69, 9.17) is 16.3 Å².